The first-order chi connectivity index (χ1) is 20.4. The molecule has 0 radical (unpaired) electrons. The SMILES string of the molecule is CC(C)(OC(=O)CCC(=O)O)c1ncc(-c2cc3c(cc2F)nc2n3[C@@H]3C[C@H]2NC(=O)c2cccc(OC(F)F)c23)cn1. The summed E-state index contributed by atoms with van der Waals surface area (Å²) in [5.41, 5.74) is 0.469. The van der Waals surface area contributed by atoms with E-state index in [1.54, 1.807) is 24.5 Å². The number of fused-ring (bicyclic) bond motifs is 9. The van der Waals surface area contributed by atoms with E-state index < -0.39 is 48.0 Å². The molecule has 0 saturated carbocycles. The zero-order valence-electron chi connectivity index (χ0n) is 22.8. The number of nitrogens with one attached hydrogen (secondary N) is 1. The largest absolute Gasteiger partial charge is 0.481 e. The monoisotopic (exact) mass is 595 g/mol. The van der Waals surface area contributed by atoms with Crippen LogP contribution in [0.2, 0.25) is 0 Å². The van der Waals surface area contributed by atoms with Crippen molar-refractivity contribution in [3.63, 3.8) is 0 Å². The number of esters is 1. The lowest BCUT2D eigenvalue weighted by Gasteiger charge is -2.23. The van der Waals surface area contributed by atoms with Crippen molar-refractivity contribution in [2.45, 2.75) is 57.4 Å². The molecule has 0 aliphatic carbocycles. The molecule has 14 heteroatoms. The first-order valence-corrected chi connectivity index (χ1v) is 13.3. The molecule has 2 bridgehead atoms. The van der Waals surface area contributed by atoms with Gasteiger partial charge >= 0.3 is 18.6 Å². The van der Waals surface area contributed by atoms with Gasteiger partial charge in [0.2, 0.25) is 0 Å². The molecular formula is C29H24F3N5O6. The van der Waals surface area contributed by atoms with Gasteiger partial charge < -0.3 is 24.5 Å². The Kier molecular flexibility index (Phi) is 6.78. The van der Waals surface area contributed by atoms with Crippen LogP contribution >= 0.6 is 0 Å². The van der Waals surface area contributed by atoms with Gasteiger partial charge in [-0.05, 0) is 38.5 Å². The Bertz CT molecular complexity index is 1790. The van der Waals surface area contributed by atoms with E-state index in [9.17, 15) is 23.2 Å². The number of benzene rings is 2. The van der Waals surface area contributed by atoms with E-state index >= 15 is 4.39 Å². The normalized spacial score (nSPS) is 17.3. The Morgan fingerprint density at radius 2 is 1.91 bits per heavy atom. The van der Waals surface area contributed by atoms with E-state index in [1.165, 1.54) is 36.7 Å². The number of amides is 1. The Hall–Kier alpha value is -5.01. The number of hydrogen-bond donors (Lipinski definition) is 2. The van der Waals surface area contributed by atoms with Gasteiger partial charge in [-0.3, -0.25) is 14.4 Å². The molecule has 2 N–H and O–H groups in total. The fourth-order valence-electron chi connectivity index (χ4n) is 5.62. The second kappa shape index (κ2) is 10.4. The molecule has 4 aromatic rings. The van der Waals surface area contributed by atoms with Gasteiger partial charge in [0.25, 0.3) is 5.91 Å². The minimum absolute atomic E-state index is 0.121. The molecule has 0 spiro atoms. The summed E-state index contributed by atoms with van der Waals surface area (Å²) in [6, 6.07) is 6.06. The standard InChI is InChI=1S/C29H24F3N5O6/c1-29(2,43-23(40)7-6-22(38)39)27-33-11-13(12-34-27)15-8-19-17(9-16(15)30)35-25-18-10-20(37(19)25)24-14(26(41)36-18)4-3-5-21(24)42-28(31)32/h3-5,8-9,11-12,18,20,28H,6-7,10H2,1-2H3,(H,36,41)(H,38,39)/t18-,20-/m1/s1. The van der Waals surface area contributed by atoms with E-state index in [4.69, 9.17) is 14.6 Å². The maximum absolute atomic E-state index is 15.4. The highest BCUT2D eigenvalue weighted by atomic mass is 19.3. The van der Waals surface area contributed by atoms with E-state index in [1.807, 2.05) is 0 Å². The third kappa shape index (κ3) is 5.02. The zero-order chi connectivity index (χ0) is 30.6. The number of aromatic nitrogens is 4. The average molecular weight is 596 g/mol. The number of ether oxygens (including phenoxy) is 2. The van der Waals surface area contributed by atoms with Crippen LogP contribution in [-0.2, 0) is 19.9 Å². The number of alkyl halides is 2. The molecule has 11 nitrogen and oxygen atoms in total. The summed E-state index contributed by atoms with van der Waals surface area (Å²) >= 11 is 0. The molecule has 2 atom stereocenters. The van der Waals surface area contributed by atoms with Crippen molar-refractivity contribution in [2.24, 2.45) is 0 Å². The maximum atomic E-state index is 15.4. The van der Waals surface area contributed by atoms with Crippen LogP contribution in [0.25, 0.3) is 22.2 Å². The molecule has 2 aromatic carbocycles. The lowest BCUT2D eigenvalue weighted by atomic mass is 9.97. The van der Waals surface area contributed by atoms with Crippen LogP contribution < -0.4 is 10.1 Å². The van der Waals surface area contributed by atoms with Crippen molar-refractivity contribution in [1.82, 2.24) is 24.8 Å². The van der Waals surface area contributed by atoms with E-state index in [0.717, 1.165) is 0 Å². The lowest BCUT2D eigenvalue weighted by molar-refractivity contribution is -0.160. The third-order valence-electron chi connectivity index (χ3n) is 7.47. The van der Waals surface area contributed by atoms with Crippen LogP contribution in [0.1, 0.15) is 72.8 Å². The summed E-state index contributed by atoms with van der Waals surface area (Å²) in [7, 11) is 0. The number of carbonyl (C=O) groups is 3. The number of carboxylic acid groups (broad SMARTS) is 1. The molecule has 4 heterocycles. The number of carbonyl (C=O) groups excluding carboxylic acids is 2. The fraction of sp³-hybridized carbons (Fsp3) is 0.310. The van der Waals surface area contributed by atoms with Crippen LogP contribution in [-0.4, -0.2) is 49.1 Å². The number of carboxylic acids is 1. The number of hydrogen-bond acceptors (Lipinski definition) is 8. The molecule has 0 saturated heterocycles. The molecule has 1 amide bonds. The topological polar surface area (TPSA) is 146 Å². The minimum Gasteiger partial charge on any atom is -0.481 e. The highest BCUT2D eigenvalue weighted by Crippen LogP contribution is 2.48. The second-order valence-corrected chi connectivity index (χ2v) is 10.7. The van der Waals surface area contributed by atoms with Crippen LogP contribution in [0.4, 0.5) is 13.2 Å². The van der Waals surface area contributed by atoms with Gasteiger partial charge in [-0.2, -0.15) is 8.78 Å². The zero-order valence-corrected chi connectivity index (χ0v) is 22.8. The highest BCUT2D eigenvalue weighted by Gasteiger charge is 2.42. The molecule has 2 aliphatic rings. The van der Waals surface area contributed by atoms with Crippen molar-refractivity contribution < 1.29 is 42.1 Å². The van der Waals surface area contributed by atoms with Crippen molar-refractivity contribution >= 4 is 28.9 Å². The predicted octanol–water partition coefficient (Wildman–Crippen LogP) is 4.65. The summed E-state index contributed by atoms with van der Waals surface area (Å²) in [6.45, 7) is -0.00553. The molecule has 2 aromatic heterocycles. The number of aliphatic carboxylic acids is 1. The second-order valence-electron chi connectivity index (χ2n) is 10.7. The van der Waals surface area contributed by atoms with Gasteiger partial charge in [0.05, 0.1) is 36.0 Å². The smallest absolute Gasteiger partial charge is 0.387 e. The first-order valence-electron chi connectivity index (χ1n) is 13.3. The maximum Gasteiger partial charge on any atom is 0.387 e. The Balaban J connectivity index is 1.37. The van der Waals surface area contributed by atoms with Gasteiger partial charge in [-0.25, -0.2) is 19.3 Å². The average Bonchev–Trinajstić information content (AvgIpc) is 3.42. The number of nitrogens with zero attached hydrogens (tertiary/aromatic N) is 4. The van der Waals surface area contributed by atoms with Crippen molar-refractivity contribution in [1.29, 1.82) is 0 Å². The molecule has 43 heavy (non-hydrogen) atoms. The predicted molar refractivity (Wildman–Crippen MR) is 143 cm³/mol. The van der Waals surface area contributed by atoms with Crippen LogP contribution in [0, 0.1) is 5.82 Å². The quantitative estimate of drug-likeness (QED) is 0.278. The van der Waals surface area contributed by atoms with E-state index in [2.05, 4.69) is 20.3 Å². The molecular weight excluding hydrogens is 571 g/mol. The lowest BCUT2D eigenvalue weighted by Crippen LogP contribution is -2.28. The Labute approximate surface area is 241 Å². The summed E-state index contributed by atoms with van der Waals surface area (Å²) < 4.78 is 53.9. The van der Waals surface area contributed by atoms with Crippen molar-refractivity contribution in [3.8, 4) is 16.9 Å². The van der Waals surface area contributed by atoms with Gasteiger partial charge in [-0.15, -0.1) is 0 Å². The minimum atomic E-state index is -3.10. The highest BCUT2D eigenvalue weighted by molar-refractivity contribution is 5.98. The molecule has 2 aliphatic heterocycles. The van der Waals surface area contributed by atoms with Crippen molar-refractivity contribution in [3.05, 3.63) is 71.3 Å². The van der Waals surface area contributed by atoms with Gasteiger partial charge in [0.15, 0.2) is 11.4 Å². The summed E-state index contributed by atoms with van der Waals surface area (Å²) in [5, 5.41) is 11.7. The van der Waals surface area contributed by atoms with Crippen LogP contribution in [0.3, 0.4) is 0 Å². The van der Waals surface area contributed by atoms with Crippen molar-refractivity contribution in [2.75, 3.05) is 0 Å². The number of halogens is 3. The van der Waals surface area contributed by atoms with Gasteiger partial charge in [-0.1, -0.05) is 6.07 Å². The van der Waals surface area contributed by atoms with E-state index in [0.29, 0.717) is 34.4 Å². The summed E-state index contributed by atoms with van der Waals surface area (Å²) in [6.07, 6.45) is 2.38. The van der Waals surface area contributed by atoms with Crippen LogP contribution in [0.5, 0.6) is 5.75 Å². The van der Waals surface area contributed by atoms with Gasteiger partial charge in [0, 0.05) is 40.7 Å². The molecule has 222 valence electrons. The molecule has 0 fully saturated rings. The molecule has 6 rings (SSSR count). The summed E-state index contributed by atoms with van der Waals surface area (Å²) in [4.78, 5) is 48.9. The first kappa shape index (κ1) is 28.1. The number of rotatable bonds is 8. The fourth-order valence-corrected chi connectivity index (χ4v) is 5.62. The Morgan fingerprint density at radius 1 is 1.16 bits per heavy atom. The number of imidazole rings is 1. The van der Waals surface area contributed by atoms with Crippen LogP contribution in [0.15, 0.2) is 42.7 Å². The third-order valence-corrected chi connectivity index (χ3v) is 7.47. The van der Waals surface area contributed by atoms with Gasteiger partial charge in [0.1, 0.15) is 17.4 Å². The van der Waals surface area contributed by atoms with E-state index in [-0.39, 0.29) is 35.5 Å². The summed E-state index contributed by atoms with van der Waals surface area (Å²) in [5.74, 6) is -2.47. The molecule has 0 unspecified atom stereocenters. The Morgan fingerprint density at radius 3 is 2.60 bits per heavy atom.